The van der Waals surface area contributed by atoms with Crippen LogP contribution in [0.2, 0.25) is 0 Å². The number of nitrogens with zero attached hydrogens (tertiary/aromatic N) is 4. The first-order valence-corrected chi connectivity index (χ1v) is 12.5. The summed E-state index contributed by atoms with van der Waals surface area (Å²) >= 11 is 0. The number of furan rings is 2. The lowest BCUT2D eigenvalue weighted by molar-refractivity contribution is 0.575. The van der Waals surface area contributed by atoms with Crippen LogP contribution in [0.4, 0.5) is 0 Å². The van der Waals surface area contributed by atoms with E-state index in [9.17, 15) is 0 Å². The predicted molar refractivity (Wildman–Crippen MR) is 147 cm³/mol. The summed E-state index contributed by atoms with van der Waals surface area (Å²) in [5.41, 5.74) is 14.1. The molecule has 4 aromatic heterocycles. The summed E-state index contributed by atoms with van der Waals surface area (Å²) in [4.78, 5) is 9.91. The minimum Gasteiger partial charge on any atom is -0.461 e. The van der Waals surface area contributed by atoms with Crippen LogP contribution < -0.4 is 16.4 Å². The number of hydrogen-bond acceptors (Lipinski definition) is 4. The number of benzene rings is 4. The van der Waals surface area contributed by atoms with Crippen molar-refractivity contribution in [3.63, 3.8) is 0 Å². The predicted octanol–water partition coefficient (Wildman–Crippen LogP) is 4.77. The lowest BCUT2D eigenvalue weighted by Gasteiger charge is -2.32. The van der Waals surface area contributed by atoms with Crippen LogP contribution in [0.15, 0.2) is 76.1 Å². The molecule has 37 heavy (non-hydrogen) atoms. The van der Waals surface area contributed by atoms with Crippen molar-refractivity contribution in [2.75, 3.05) is 0 Å². The summed E-state index contributed by atoms with van der Waals surface area (Å²) < 4.78 is 17.2. The van der Waals surface area contributed by atoms with Gasteiger partial charge in [0.15, 0.2) is 0 Å². The topological polar surface area (TPSA) is 61.9 Å². The molecule has 2 aliphatic rings. The minimum absolute atomic E-state index is 0.0114. The number of hydrogen-bond donors (Lipinski definition) is 0. The van der Waals surface area contributed by atoms with E-state index in [2.05, 4.69) is 58.5 Å². The summed E-state index contributed by atoms with van der Waals surface area (Å²) in [6.07, 6.45) is 3.92. The van der Waals surface area contributed by atoms with Crippen LogP contribution >= 0.6 is 0 Å². The van der Waals surface area contributed by atoms with Gasteiger partial charge in [0, 0.05) is 22.3 Å². The molecule has 172 valence electrons. The van der Waals surface area contributed by atoms with Crippen molar-refractivity contribution in [3.8, 4) is 11.4 Å². The average molecular weight is 476 g/mol. The number of aromatic nitrogens is 4. The molecule has 10 rings (SSSR count). The van der Waals surface area contributed by atoms with Gasteiger partial charge in [-0.05, 0) is 60.6 Å². The fraction of sp³-hybridized carbons (Fsp3) is 0.0667. The van der Waals surface area contributed by atoms with E-state index in [1.807, 2.05) is 31.7 Å². The molecule has 0 saturated carbocycles. The largest absolute Gasteiger partial charge is 0.461 e. The van der Waals surface area contributed by atoms with E-state index in [1.54, 1.807) is 0 Å². The molecule has 0 spiro atoms. The number of rotatable bonds is 0. The number of aryl methyl sites for hydroxylation is 2. The molecular formula is C30H17BN4O2. The van der Waals surface area contributed by atoms with Crippen molar-refractivity contribution in [1.29, 1.82) is 0 Å². The molecule has 0 radical (unpaired) electrons. The molecule has 0 unspecified atom stereocenters. The quantitative estimate of drug-likeness (QED) is 0.296. The van der Waals surface area contributed by atoms with E-state index < -0.39 is 0 Å². The summed E-state index contributed by atoms with van der Waals surface area (Å²) in [6, 6.07) is 19.2. The maximum atomic E-state index is 6.40. The second-order valence-corrected chi connectivity index (χ2v) is 10.3. The van der Waals surface area contributed by atoms with Crippen LogP contribution in [0, 0.1) is 13.8 Å². The summed E-state index contributed by atoms with van der Waals surface area (Å²) in [5.74, 6) is 0.938. The van der Waals surface area contributed by atoms with Gasteiger partial charge >= 0.3 is 0 Å². The SMILES string of the molecule is Cc1oc2cc3c4c(ncn4-c4cccc5c4B3c3cc4oc6ccccc6c4c4ncn-5c34)c2c1C. The molecule has 0 saturated heterocycles. The van der Waals surface area contributed by atoms with Crippen molar-refractivity contribution in [2.24, 2.45) is 0 Å². The Kier molecular flexibility index (Phi) is 2.89. The lowest BCUT2D eigenvalue weighted by atomic mass is 9.34. The Morgan fingerprint density at radius 3 is 2.08 bits per heavy atom. The van der Waals surface area contributed by atoms with Crippen molar-refractivity contribution in [2.45, 2.75) is 13.8 Å². The van der Waals surface area contributed by atoms with Gasteiger partial charge in [-0.1, -0.05) is 24.3 Å². The smallest absolute Gasteiger partial charge is 0.252 e. The molecule has 0 aliphatic carbocycles. The monoisotopic (exact) mass is 476 g/mol. The first-order valence-electron chi connectivity index (χ1n) is 12.5. The molecule has 0 atom stereocenters. The molecule has 0 amide bonds. The molecule has 0 N–H and O–H groups in total. The Balaban J connectivity index is 1.44. The second kappa shape index (κ2) is 5.78. The Labute approximate surface area is 209 Å². The fourth-order valence-electron chi connectivity index (χ4n) is 7.03. The van der Waals surface area contributed by atoms with Gasteiger partial charge in [0.2, 0.25) is 0 Å². The van der Waals surface area contributed by atoms with Crippen molar-refractivity contribution in [1.82, 2.24) is 19.1 Å². The molecule has 6 nitrogen and oxygen atoms in total. The average Bonchev–Trinajstić information content (AvgIpc) is 3.67. The van der Waals surface area contributed by atoms with Gasteiger partial charge < -0.3 is 8.83 Å². The molecule has 2 aliphatic heterocycles. The Morgan fingerprint density at radius 2 is 1.35 bits per heavy atom. The number of fused-ring (bicyclic) bond motifs is 10. The van der Waals surface area contributed by atoms with Gasteiger partial charge in [-0.3, -0.25) is 9.13 Å². The van der Waals surface area contributed by atoms with Gasteiger partial charge in [-0.2, -0.15) is 0 Å². The maximum absolute atomic E-state index is 6.40. The molecular weight excluding hydrogens is 459 g/mol. The van der Waals surface area contributed by atoms with Gasteiger partial charge in [-0.25, -0.2) is 9.97 Å². The van der Waals surface area contributed by atoms with E-state index in [0.29, 0.717) is 0 Å². The van der Waals surface area contributed by atoms with E-state index in [0.717, 1.165) is 77.7 Å². The van der Waals surface area contributed by atoms with E-state index in [4.69, 9.17) is 18.8 Å². The van der Waals surface area contributed by atoms with E-state index in [-0.39, 0.29) is 6.71 Å². The molecule has 4 aromatic carbocycles. The molecule has 8 aromatic rings. The highest BCUT2D eigenvalue weighted by atomic mass is 16.3. The Bertz CT molecular complexity index is 2350. The van der Waals surface area contributed by atoms with Crippen molar-refractivity contribution in [3.05, 3.63) is 78.6 Å². The first-order chi connectivity index (χ1) is 18.2. The highest BCUT2D eigenvalue weighted by Gasteiger charge is 2.41. The summed E-state index contributed by atoms with van der Waals surface area (Å²) in [6.45, 7) is 4.16. The third-order valence-corrected chi connectivity index (χ3v) is 8.65. The first kappa shape index (κ1) is 18.5. The molecule has 6 heterocycles. The standard InChI is InChI=1S/C30H17BN4O2/c1-14-15(2)36-22-10-17-29-27(24(14)22)32-12-34(29)19-7-5-8-20-26(19)31(17)18-11-23-25(28-30(18)35(20)13-33-28)16-6-3-4-9-21(16)37-23/h3-13H,1-2H3. The van der Waals surface area contributed by atoms with Crippen molar-refractivity contribution >= 4 is 78.1 Å². The zero-order valence-electron chi connectivity index (χ0n) is 20.0. The third-order valence-electron chi connectivity index (χ3n) is 8.65. The van der Waals surface area contributed by atoms with Gasteiger partial charge in [0.05, 0.1) is 27.3 Å². The van der Waals surface area contributed by atoms with Crippen LogP contribution in [-0.4, -0.2) is 25.8 Å². The second-order valence-electron chi connectivity index (χ2n) is 10.3. The number of imidazole rings is 2. The minimum atomic E-state index is 0.0114. The van der Waals surface area contributed by atoms with Crippen LogP contribution in [0.3, 0.4) is 0 Å². The van der Waals surface area contributed by atoms with Gasteiger partial charge in [0.25, 0.3) is 6.71 Å². The van der Waals surface area contributed by atoms with Gasteiger partial charge in [0.1, 0.15) is 40.7 Å². The van der Waals surface area contributed by atoms with Crippen molar-refractivity contribution < 1.29 is 8.83 Å². The number of para-hydroxylation sites is 1. The highest BCUT2D eigenvalue weighted by molar-refractivity contribution is 7.00. The molecule has 7 heteroatoms. The zero-order valence-corrected chi connectivity index (χ0v) is 20.0. The molecule has 0 bridgehead atoms. The normalized spacial score (nSPS) is 13.6. The zero-order chi connectivity index (χ0) is 24.2. The van der Waals surface area contributed by atoms with Gasteiger partial charge in [-0.15, -0.1) is 0 Å². The third kappa shape index (κ3) is 1.91. The van der Waals surface area contributed by atoms with E-state index in [1.165, 1.54) is 16.4 Å². The maximum Gasteiger partial charge on any atom is 0.252 e. The van der Waals surface area contributed by atoms with Crippen LogP contribution in [0.5, 0.6) is 0 Å². The van der Waals surface area contributed by atoms with E-state index >= 15 is 0 Å². The van der Waals surface area contributed by atoms with Crippen LogP contribution in [0.25, 0.3) is 66.3 Å². The Hall–Kier alpha value is -4.78. The van der Waals surface area contributed by atoms with Crippen LogP contribution in [0.1, 0.15) is 11.3 Å². The lowest BCUT2D eigenvalue weighted by Crippen LogP contribution is -2.59. The highest BCUT2D eigenvalue weighted by Crippen LogP contribution is 2.38. The fourth-order valence-corrected chi connectivity index (χ4v) is 7.03. The summed E-state index contributed by atoms with van der Waals surface area (Å²) in [5, 5.41) is 3.28. The summed E-state index contributed by atoms with van der Waals surface area (Å²) in [7, 11) is 0. The Morgan fingerprint density at radius 1 is 0.703 bits per heavy atom. The van der Waals surface area contributed by atoms with Crippen LogP contribution in [-0.2, 0) is 0 Å². The molecule has 0 fully saturated rings.